The summed E-state index contributed by atoms with van der Waals surface area (Å²) in [6.45, 7) is 4.14. The second kappa shape index (κ2) is 12.8. The monoisotopic (exact) mass is 596 g/mol. The zero-order valence-corrected chi connectivity index (χ0v) is 25.8. The van der Waals surface area contributed by atoms with Gasteiger partial charge in [0, 0.05) is 33.0 Å². The van der Waals surface area contributed by atoms with E-state index in [4.69, 9.17) is 9.47 Å². The Morgan fingerprint density at radius 3 is 1.95 bits per heavy atom. The van der Waals surface area contributed by atoms with Crippen LogP contribution < -0.4 is 0 Å². The predicted molar refractivity (Wildman–Crippen MR) is 176 cm³/mol. The molecule has 0 saturated heterocycles. The van der Waals surface area contributed by atoms with Gasteiger partial charge in [-0.05, 0) is 66.2 Å². The standard InChI is InChI=1S/C36H36O4S2/c1-3-5-12-33(37)39-26-16-19-30(40-34(38)13-6-4-2)29(22-26)25-15-18-28-32(21-25)42-35-27-17-14-24(20-31(27)41-36(28)35)23-10-8-7-9-11-23/h7-11,14-15,17-18,20-22,26,30H,3-6,12-13,16,19H2,1-2H3. The van der Waals surface area contributed by atoms with Gasteiger partial charge < -0.3 is 9.47 Å². The number of benzene rings is 3. The second-order valence-electron chi connectivity index (χ2n) is 11.1. The molecular formula is C36H36O4S2. The largest absolute Gasteiger partial charge is 0.458 e. The molecule has 0 aliphatic heterocycles. The molecule has 0 spiro atoms. The summed E-state index contributed by atoms with van der Waals surface area (Å²) in [5.74, 6) is -0.322. The van der Waals surface area contributed by atoms with E-state index < -0.39 is 0 Å². The number of thiophene rings is 2. The summed E-state index contributed by atoms with van der Waals surface area (Å²) in [5, 5.41) is 2.53. The third-order valence-corrected chi connectivity index (χ3v) is 10.5. The van der Waals surface area contributed by atoms with Crippen LogP contribution in [-0.2, 0) is 19.1 Å². The van der Waals surface area contributed by atoms with Gasteiger partial charge in [-0.3, -0.25) is 9.59 Å². The summed E-state index contributed by atoms with van der Waals surface area (Å²) in [6, 6.07) is 23.8. The summed E-state index contributed by atoms with van der Waals surface area (Å²) in [4.78, 5) is 25.0. The average Bonchev–Trinajstić information content (AvgIpc) is 3.55. The number of carbonyl (C=O) groups excluding carboxylic acids is 2. The molecule has 0 amide bonds. The summed E-state index contributed by atoms with van der Waals surface area (Å²) in [7, 11) is 0. The van der Waals surface area contributed by atoms with E-state index >= 15 is 0 Å². The maximum atomic E-state index is 12.6. The summed E-state index contributed by atoms with van der Waals surface area (Å²) < 4.78 is 16.9. The van der Waals surface area contributed by atoms with E-state index in [1.165, 1.54) is 40.7 Å². The molecular weight excluding hydrogens is 561 g/mol. The molecule has 2 atom stereocenters. The molecule has 6 heteroatoms. The molecule has 42 heavy (non-hydrogen) atoms. The number of carbonyl (C=O) groups is 2. The normalized spacial score (nSPS) is 17.0. The highest BCUT2D eigenvalue weighted by Gasteiger charge is 2.29. The van der Waals surface area contributed by atoms with Crippen molar-refractivity contribution in [3.63, 3.8) is 0 Å². The van der Waals surface area contributed by atoms with Crippen LogP contribution in [0.15, 0.2) is 72.8 Å². The van der Waals surface area contributed by atoms with Gasteiger partial charge in [0.2, 0.25) is 0 Å². The third kappa shape index (κ3) is 6.02. The fourth-order valence-electron chi connectivity index (χ4n) is 5.69. The zero-order chi connectivity index (χ0) is 29.1. The van der Waals surface area contributed by atoms with Crippen LogP contribution in [0.3, 0.4) is 0 Å². The van der Waals surface area contributed by atoms with Crippen molar-refractivity contribution in [1.29, 1.82) is 0 Å². The number of ether oxygens (including phenoxy) is 2. The van der Waals surface area contributed by atoms with Crippen molar-refractivity contribution < 1.29 is 19.1 Å². The van der Waals surface area contributed by atoms with Crippen LogP contribution in [0.25, 0.3) is 46.3 Å². The first kappa shape index (κ1) is 28.6. The van der Waals surface area contributed by atoms with Crippen molar-refractivity contribution >= 4 is 69.8 Å². The number of rotatable bonds is 10. The molecule has 3 aromatic carbocycles. The smallest absolute Gasteiger partial charge is 0.306 e. The van der Waals surface area contributed by atoms with Gasteiger partial charge in [-0.25, -0.2) is 0 Å². The highest BCUT2D eigenvalue weighted by molar-refractivity contribution is 7.36. The topological polar surface area (TPSA) is 52.6 Å². The van der Waals surface area contributed by atoms with Gasteiger partial charge in [0.25, 0.3) is 0 Å². The summed E-state index contributed by atoms with van der Waals surface area (Å²) >= 11 is 3.66. The van der Waals surface area contributed by atoms with E-state index in [0.29, 0.717) is 25.7 Å². The van der Waals surface area contributed by atoms with E-state index in [9.17, 15) is 9.59 Å². The van der Waals surface area contributed by atoms with E-state index in [2.05, 4.69) is 74.5 Å². The predicted octanol–water partition coefficient (Wildman–Crippen LogP) is 10.3. The van der Waals surface area contributed by atoms with Crippen LogP contribution in [0, 0.1) is 0 Å². The molecule has 2 aromatic heterocycles. The fourth-order valence-corrected chi connectivity index (χ4v) is 8.42. The minimum absolute atomic E-state index is 0.160. The molecule has 2 heterocycles. The van der Waals surface area contributed by atoms with Crippen molar-refractivity contribution in [2.45, 2.75) is 77.4 Å². The average molecular weight is 597 g/mol. The lowest BCUT2D eigenvalue weighted by Gasteiger charge is -2.29. The van der Waals surface area contributed by atoms with Crippen LogP contribution in [-0.4, -0.2) is 24.1 Å². The summed E-state index contributed by atoms with van der Waals surface area (Å²) in [6.07, 6.45) is 7.08. The Labute approximate surface area is 255 Å². The van der Waals surface area contributed by atoms with E-state index in [1.54, 1.807) is 0 Å². The van der Waals surface area contributed by atoms with Crippen LogP contribution in [0.2, 0.25) is 0 Å². The van der Waals surface area contributed by atoms with E-state index in [1.807, 2.05) is 34.8 Å². The van der Waals surface area contributed by atoms with Crippen LogP contribution in [0.4, 0.5) is 0 Å². The number of hydrogen-bond donors (Lipinski definition) is 0. The Morgan fingerprint density at radius 1 is 0.714 bits per heavy atom. The molecule has 216 valence electrons. The first-order chi connectivity index (χ1) is 20.5. The molecule has 0 fully saturated rings. The van der Waals surface area contributed by atoms with Gasteiger partial charge in [-0.1, -0.05) is 81.3 Å². The quantitative estimate of drug-likeness (QED) is 0.151. The Bertz CT molecular complexity index is 1760. The lowest BCUT2D eigenvalue weighted by molar-refractivity contribution is -0.151. The van der Waals surface area contributed by atoms with Crippen LogP contribution in [0.1, 0.15) is 70.8 Å². The fraction of sp³-hybridized carbons (Fsp3) is 0.333. The first-order valence-corrected chi connectivity index (χ1v) is 16.7. The molecule has 0 N–H and O–H groups in total. The third-order valence-electron chi connectivity index (χ3n) is 7.97. The minimum Gasteiger partial charge on any atom is -0.458 e. The van der Waals surface area contributed by atoms with Gasteiger partial charge in [0.15, 0.2) is 0 Å². The van der Waals surface area contributed by atoms with Crippen molar-refractivity contribution in [3.05, 3.63) is 78.4 Å². The highest BCUT2D eigenvalue weighted by Crippen LogP contribution is 2.46. The highest BCUT2D eigenvalue weighted by atomic mass is 32.1. The number of fused-ring (bicyclic) bond motifs is 5. The lowest BCUT2D eigenvalue weighted by atomic mass is 9.89. The number of unbranched alkanes of at least 4 members (excludes halogenated alkanes) is 2. The SMILES string of the molecule is CCCCC(=O)OC1C=C(c2ccc3c(c2)sc2c4ccc(-c5ccccc5)cc4sc32)C(OC(=O)CCCC)CC1. The molecule has 1 aliphatic carbocycles. The van der Waals surface area contributed by atoms with Gasteiger partial charge >= 0.3 is 11.9 Å². The first-order valence-electron chi connectivity index (χ1n) is 15.1. The van der Waals surface area contributed by atoms with Crippen molar-refractivity contribution in [2.75, 3.05) is 0 Å². The Kier molecular flexibility index (Phi) is 8.73. The van der Waals surface area contributed by atoms with Gasteiger partial charge in [0.05, 0.1) is 9.40 Å². The van der Waals surface area contributed by atoms with Crippen molar-refractivity contribution in [3.8, 4) is 11.1 Å². The molecule has 0 radical (unpaired) electrons. The number of esters is 2. The zero-order valence-electron chi connectivity index (χ0n) is 24.2. The minimum atomic E-state index is -0.337. The van der Waals surface area contributed by atoms with E-state index in [0.717, 1.165) is 36.8 Å². The Balaban J connectivity index is 1.34. The molecule has 0 bridgehead atoms. The van der Waals surface area contributed by atoms with Crippen LogP contribution >= 0.6 is 22.7 Å². The Morgan fingerprint density at radius 2 is 1.31 bits per heavy atom. The molecule has 4 nitrogen and oxygen atoms in total. The van der Waals surface area contributed by atoms with Gasteiger partial charge in [-0.2, -0.15) is 0 Å². The molecule has 5 aromatic rings. The lowest BCUT2D eigenvalue weighted by Crippen LogP contribution is -2.28. The maximum absolute atomic E-state index is 12.6. The summed E-state index contributed by atoms with van der Waals surface area (Å²) in [5.41, 5.74) is 4.42. The molecule has 1 aliphatic rings. The van der Waals surface area contributed by atoms with Crippen molar-refractivity contribution in [1.82, 2.24) is 0 Å². The van der Waals surface area contributed by atoms with Gasteiger partial charge in [0.1, 0.15) is 12.2 Å². The Hall–Kier alpha value is -3.48. The second-order valence-corrected chi connectivity index (χ2v) is 13.2. The van der Waals surface area contributed by atoms with Gasteiger partial charge in [-0.15, -0.1) is 22.7 Å². The molecule has 6 rings (SSSR count). The van der Waals surface area contributed by atoms with Crippen LogP contribution in [0.5, 0.6) is 0 Å². The van der Waals surface area contributed by atoms with E-state index in [-0.39, 0.29) is 24.1 Å². The molecule has 2 unspecified atom stereocenters. The van der Waals surface area contributed by atoms with Crippen molar-refractivity contribution in [2.24, 2.45) is 0 Å². The number of hydrogen-bond acceptors (Lipinski definition) is 6. The molecule has 0 saturated carbocycles. The maximum Gasteiger partial charge on any atom is 0.306 e.